The Morgan fingerprint density at radius 2 is 2.29 bits per heavy atom. The summed E-state index contributed by atoms with van der Waals surface area (Å²) in [5, 5.41) is 0. The molecule has 0 amide bonds. The van der Waals surface area contributed by atoms with Crippen molar-refractivity contribution in [3.63, 3.8) is 0 Å². The molecule has 0 aromatic rings. The van der Waals surface area contributed by atoms with Gasteiger partial charge in [-0.25, -0.2) is 0 Å². The van der Waals surface area contributed by atoms with E-state index in [0.29, 0.717) is 21.2 Å². The third kappa shape index (κ3) is 4.55. The molecule has 3 N–H and O–H groups in total. The Bertz CT molecular complexity index is 39.1. The van der Waals surface area contributed by atoms with Crippen molar-refractivity contribution >= 4 is 0 Å². The third-order valence-corrected chi connectivity index (χ3v) is 3.72. The fourth-order valence-electron chi connectivity index (χ4n) is 0.390. The van der Waals surface area contributed by atoms with Gasteiger partial charge in [-0.2, -0.15) is 0 Å². The van der Waals surface area contributed by atoms with Gasteiger partial charge in [0.1, 0.15) is 0 Å². The van der Waals surface area contributed by atoms with Gasteiger partial charge < -0.3 is 0 Å². The molecule has 1 nitrogen and oxygen atoms in total. The van der Waals surface area contributed by atoms with E-state index in [1.807, 2.05) is 0 Å². The topological polar surface area (TPSA) is 27.6 Å². The predicted molar refractivity (Wildman–Crippen MR) is 27.8 cm³/mol. The molecule has 0 radical (unpaired) electrons. The zero-order valence-corrected chi connectivity index (χ0v) is 7.23. The van der Waals surface area contributed by atoms with Crippen LogP contribution in [0.4, 0.5) is 0 Å². The third-order valence-electron chi connectivity index (χ3n) is 0.974. The summed E-state index contributed by atoms with van der Waals surface area (Å²) in [6, 6.07) is 0. The summed E-state index contributed by atoms with van der Waals surface area (Å²) in [5.41, 5.74) is 3.79. The molecule has 0 saturated carbocycles. The fourth-order valence-corrected chi connectivity index (χ4v) is 1.45. The molecule has 0 aliphatic rings. The van der Waals surface area contributed by atoms with Gasteiger partial charge in [0.05, 0.1) is 0 Å². The van der Waals surface area contributed by atoms with Gasteiger partial charge in [-0.05, 0) is 0 Å². The standard InChI is InChI=1S/C5H13IN/c1-5(6-2)3-4-7/h5H,3-4,7H2,1-2H3/q-1/p+1. The molecule has 7 heavy (non-hydrogen) atoms. The van der Waals surface area contributed by atoms with Gasteiger partial charge in [-0.1, -0.05) is 0 Å². The molecule has 0 aromatic carbocycles. The quantitative estimate of drug-likeness (QED) is 0.378. The van der Waals surface area contributed by atoms with Gasteiger partial charge in [0.15, 0.2) is 0 Å². The second-order valence-corrected chi connectivity index (χ2v) is 5.01. The van der Waals surface area contributed by atoms with E-state index in [4.69, 9.17) is 0 Å². The molecule has 0 aliphatic carbocycles. The number of halogens is 1. The van der Waals surface area contributed by atoms with Crippen LogP contribution in [0.25, 0.3) is 0 Å². The molecule has 0 heterocycles. The van der Waals surface area contributed by atoms with Crippen molar-refractivity contribution in [2.45, 2.75) is 17.3 Å². The molecule has 0 saturated heterocycles. The van der Waals surface area contributed by atoms with Crippen molar-refractivity contribution in [2.24, 2.45) is 0 Å². The Morgan fingerprint density at radius 1 is 1.71 bits per heavy atom. The first kappa shape index (κ1) is 7.69. The van der Waals surface area contributed by atoms with Gasteiger partial charge >= 0.3 is 55.7 Å². The van der Waals surface area contributed by atoms with Gasteiger partial charge in [0.25, 0.3) is 0 Å². The number of quaternary nitrogens is 1. The zero-order chi connectivity index (χ0) is 5.70. The molecule has 1 unspecified atom stereocenters. The van der Waals surface area contributed by atoms with Crippen LogP contribution in [0.5, 0.6) is 0 Å². The maximum atomic E-state index is 3.79. The summed E-state index contributed by atoms with van der Waals surface area (Å²) in [6.45, 7) is 3.44. The Hall–Kier alpha value is 0.690. The average molecular weight is 215 g/mol. The number of alkyl halides is 2. The maximum absolute atomic E-state index is 3.79. The molecular weight excluding hydrogens is 201 g/mol. The number of hydrogen-bond donors (Lipinski definition) is 1. The van der Waals surface area contributed by atoms with Crippen LogP contribution in [0, 0.1) is 0 Å². The van der Waals surface area contributed by atoms with E-state index in [2.05, 4.69) is 17.6 Å². The van der Waals surface area contributed by atoms with Gasteiger partial charge in [0.2, 0.25) is 0 Å². The van der Waals surface area contributed by atoms with Gasteiger partial charge in [-0.3, -0.25) is 0 Å². The molecule has 0 aromatic heterocycles. The van der Waals surface area contributed by atoms with Crippen LogP contribution in [0.3, 0.4) is 0 Å². The van der Waals surface area contributed by atoms with Crippen molar-refractivity contribution < 1.29 is 26.9 Å². The molecule has 2 heteroatoms. The zero-order valence-electron chi connectivity index (χ0n) is 5.08. The summed E-state index contributed by atoms with van der Waals surface area (Å²) in [5.74, 6) is 0. The fraction of sp³-hybridized carbons (Fsp3) is 1.00. The average Bonchev–Trinajstić information content (AvgIpc) is 1.68. The Morgan fingerprint density at radius 3 is 2.43 bits per heavy atom. The molecule has 46 valence electrons. The monoisotopic (exact) mass is 215 g/mol. The van der Waals surface area contributed by atoms with E-state index in [9.17, 15) is 0 Å². The second kappa shape index (κ2) is 4.84. The number of hydrogen-bond acceptors (Lipinski definition) is 0. The van der Waals surface area contributed by atoms with E-state index in [1.165, 1.54) is 6.42 Å². The first-order valence-electron chi connectivity index (χ1n) is 2.58. The summed E-state index contributed by atoms with van der Waals surface area (Å²) in [4.78, 5) is 2.33. The second-order valence-electron chi connectivity index (χ2n) is 1.64. The van der Waals surface area contributed by atoms with Crippen molar-refractivity contribution in [1.29, 1.82) is 0 Å². The first-order chi connectivity index (χ1) is 3.31. The normalized spacial score (nSPS) is 14.7. The minimum atomic E-state index is 0.498. The van der Waals surface area contributed by atoms with Crippen LogP contribution < -0.4 is 26.9 Å². The van der Waals surface area contributed by atoms with E-state index >= 15 is 0 Å². The number of rotatable bonds is 3. The van der Waals surface area contributed by atoms with Crippen LogP contribution in [0.2, 0.25) is 0 Å². The van der Waals surface area contributed by atoms with Crippen LogP contribution in [-0.4, -0.2) is 15.4 Å². The molecule has 1 atom stereocenters. The summed E-state index contributed by atoms with van der Waals surface area (Å²) >= 11 is 0.498. The first-order valence-corrected chi connectivity index (χ1v) is 5.98. The predicted octanol–water partition coefficient (Wildman–Crippen LogP) is -3.27. The van der Waals surface area contributed by atoms with Crippen LogP contribution in [-0.2, 0) is 0 Å². The SMILES string of the molecule is C[I-]C(C)CC[NH3+]. The van der Waals surface area contributed by atoms with Crippen molar-refractivity contribution in [2.75, 3.05) is 11.5 Å². The van der Waals surface area contributed by atoms with Gasteiger partial charge in [-0.15, -0.1) is 0 Å². The summed E-state index contributed by atoms with van der Waals surface area (Å²) in [6.07, 6.45) is 1.34. The molecule has 0 bridgehead atoms. The van der Waals surface area contributed by atoms with Crippen molar-refractivity contribution in [3.05, 3.63) is 0 Å². The van der Waals surface area contributed by atoms with Crippen LogP contribution in [0.15, 0.2) is 0 Å². The van der Waals surface area contributed by atoms with Crippen LogP contribution >= 0.6 is 0 Å². The Kier molecular flexibility index (Phi) is 5.32. The van der Waals surface area contributed by atoms with Gasteiger partial charge in [0, 0.05) is 0 Å². The van der Waals surface area contributed by atoms with E-state index in [1.54, 1.807) is 0 Å². The molecule has 0 rings (SSSR count). The molecule has 0 spiro atoms. The summed E-state index contributed by atoms with van der Waals surface area (Å²) in [7, 11) is 0. The molecular formula is C5H14IN. The van der Waals surface area contributed by atoms with E-state index < -0.39 is 0 Å². The van der Waals surface area contributed by atoms with E-state index in [0.717, 1.165) is 10.5 Å². The van der Waals surface area contributed by atoms with E-state index in [-0.39, 0.29) is 0 Å². The molecule has 0 fully saturated rings. The Balaban J connectivity index is 2.83. The summed E-state index contributed by atoms with van der Waals surface area (Å²) < 4.78 is 0.997. The van der Waals surface area contributed by atoms with Crippen molar-refractivity contribution in [1.82, 2.24) is 0 Å². The Labute approximate surface area is 55.9 Å². The van der Waals surface area contributed by atoms with Crippen molar-refractivity contribution in [3.8, 4) is 0 Å². The molecule has 0 aliphatic heterocycles. The van der Waals surface area contributed by atoms with Crippen LogP contribution in [0.1, 0.15) is 13.3 Å². The minimum absolute atomic E-state index is 0.498.